The minimum Gasteiger partial charge on any atom is -0.375 e. The topological polar surface area (TPSA) is 75.9 Å². The lowest BCUT2D eigenvalue weighted by Gasteiger charge is -2.40. The second-order valence-electron chi connectivity index (χ2n) is 8.29. The van der Waals surface area contributed by atoms with Crippen molar-refractivity contribution in [2.45, 2.75) is 19.9 Å². The van der Waals surface area contributed by atoms with Crippen LogP contribution in [0, 0.1) is 6.92 Å². The van der Waals surface area contributed by atoms with Gasteiger partial charge in [0.25, 0.3) is 0 Å². The van der Waals surface area contributed by atoms with E-state index in [-0.39, 0.29) is 18.6 Å². The van der Waals surface area contributed by atoms with Gasteiger partial charge in [-0.2, -0.15) is 0 Å². The Labute approximate surface area is 186 Å². The summed E-state index contributed by atoms with van der Waals surface area (Å²) in [4.78, 5) is 21.5. The van der Waals surface area contributed by atoms with Gasteiger partial charge in [0, 0.05) is 43.7 Å². The number of para-hydroxylation sites is 1. The SMILES string of the molecule is COCC(=O)N1CCN(c2nc3ccccc3c3nnc(-c4ccc(C)cc4)n23)C[C@@H]1C. The van der Waals surface area contributed by atoms with Crippen molar-refractivity contribution in [3.8, 4) is 11.4 Å². The molecule has 1 saturated heterocycles. The summed E-state index contributed by atoms with van der Waals surface area (Å²) in [5, 5.41) is 10.1. The number of ether oxygens (including phenoxy) is 1. The van der Waals surface area contributed by atoms with Crippen molar-refractivity contribution >= 4 is 28.4 Å². The summed E-state index contributed by atoms with van der Waals surface area (Å²) in [6.45, 7) is 6.18. The largest absolute Gasteiger partial charge is 0.375 e. The van der Waals surface area contributed by atoms with Gasteiger partial charge < -0.3 is 14.5 Å². The van der Waals surface area contributed by atoms with Crippen LogP contribution < -0.4 is 4.90 Å². The summed E-state index contributed by atoms with van der Waals surface area (Å²) in [5.74, 6) is 1.57. The zero-order valence-corrected chi connectivity index (χ0v) is 18.5. The van der Waals surface area contributed by atoms with E-state index in [1.54, 1.807) is 7.11 Å². The fourth-order valence-corrected chi connectivity index (χ4v) is 4.38. The first-order chi connectivity index (χ1) is 15.6. The Morgan fingerprint density at radius 3 is 2.62 bits per heavy atom. The van der Waals surface area contributed by atoms with Gasteiger partial charge >= 0.3 is 0 Å². The van der Waals surface area contributed by atoms with Crippen molar-refractivity contribution < 1.29 is 9.53 Å². The zero-order valence-electron chi connectivity index (χ0n) is 18.5. The molecule has 1 atom stereocenters. The van der Waals surface area contributed by atoms with Gasteiger partial charge in [-0.25, -0.2) is 9.38 Å². The van der Waals surface area contributed by atoms with Crippen LogP contribution in [0.5, 0.6) is 0 Å². The number of amides is 1. The van der Waals surface area contributed by atoms with Gasteiger partial charge in [-0.3, -0.25) is 4.79 Å². The first-order valence-corrected chi connectivity index (χ1v) is 10.8. The minimum absolute atomic E-state index is 0.0147. The van der Waals surface area contributed by atoms with Crippen molar-refractivity contribution in [2.75, 3.05) is 38.3 Å². The molecule has 1 aliphatic rings. The number of methoxy groups -OCH3 is 1. The smallest absolute Gasteiger partial charge is 0.248 e. The molecule has 0 radical (unpaired) electrons. The first kappa shape index (κ1) is 20.4. The van der Waals surface area contributed by atoms with Gasteiger partial charge in [-0.15, -0.1) is 10.2 Å². The quantitative estimate of drug-likeness (QED) is 0.496. The number of rotatable bonds is 4. The average molecular weight is 431 g/mol. The van der Waals surface area contributed by atoms with Crippen molar-refractivity contribution in [3.05, 3.63) is 54.1 Å². The van der Waals surface area contributed by atoms with Crippen molar-refractivity contribution in [2.24, 2.45) is 0 Å². The molecule has 0 N–H and O–H groups in total. The third-order valence-electron chi connectivity index (χ3n) is 6.04. The molecule has 0 bridgehead atoms. The van der Waals surface area contributed by atoms with Gasteiger partial charge in [0.15, 0.2) is 11.5 Å². The molecule has 0 spiro atoms. The maximum atomic E-state index is 12.4. The van der Waals surface area contributed by atoms with Crippen LogP contribution in [-0.2, 0) is 9.53 Å². The zero-order chi connectivity index (χ0) is 22.2. The number of fused-ring (bicyclic) bond motifs is 3. The van der Waals surface area contributed by atoms with E-state index in [4.69, 9.17) is 9.72 Å². The molecular formula is C24H26N6O2. The molecule has 2 aromatic carbocycles. The van der Waals surface area contributed by atoms with Crippen LogP contribution in [0.4, 0.5) is 5.95 Å². The van der Waals surface area contributed by atoms with Crippen LogP contribution in [-0.4, -0.2) is 69.8 Å². The summed E-state index contributed by atoms with van der Waals surface area (Å²) in [6.07, 6.45) is 0. The summed E-state index contributed by atoms with van der Waals surface area (Å²) < 4.78 is 7.10. The van der Waals surface area contributed by atoms with E-state index in [9.17, 15) is 4.79 Å². The Bertz CT molecular complexity index is 1280. The van der Waals surface area contributed by atoms with Gasteiger partial charge in [0.2, 0.25) is 11.9 Å². The fourth-order valence-electron chi connectivity index (χ4n) is 4.38. The van der Waals surface area contributed by atoms with Crippen LogP contribution in [0.1, 0.15) is 12.5 Å². The molecule has 32 heavy (non-hydrogen) atoms. The van der Waals surface area contributed by atoms with Gasteiger partial charge in [-0.05, 0) is 26.0 Å². The molecule has 0 aliphatic carbocycles. The lowest BCUT2D eigenvalue weighted by molar-refractivity contribution is -0.137. The average Bonchev–Trinajstić information content (AvgIpc) is 3.24. The number of aryl methyl sites for hydroxylation is 1. The number of piperazine rings is 1. The normalized spacial score (nSPS) is 16.8. The van der Waals surface area contributed by atoms with E-state index in [1.807, 2.05) is 33.6 Å². The predicted molar refractivity (Wildman–Crippen MR) is 124 cm³/mol. The number of anilines is 1. The van der Waals surface area contributed by atoms with Gasteiger partial charge in [0.05, 0.1) is 5.52 Å². The Balaban J connectivity index is 1.62. The van der Waals surface area contributed by atoms with Crippen molar-refractivity contribution in [1.82, 2.24) is 24.5 Å². The molecule has 0 saturated carbocycles. The molecule has 5 rings (SSSR count). The first-order valence-electron chi connectivity index (χ1n) is 10.8. The van der Waals surface area contributed by atoms with Crippen LogP contribution >= 0.6 is 0 Å². The summed E-state index contributed by atoms with van der Waals surface area (Å²) in [7, 11) is 1.55. The lowest BCUT2D eigenvalue weighted by Crippen LogP contribution is -2.55. The molecule has 2 aromatic heterocycles. The van der Waals surface area contributed by atoms with Crippen LogP contribution in [0.2, 0.25) is 0 Å². The second-order valence-corrected chi connectivity index (χ2v) is 8.29. The molecule has 8 heteroatoms. The molecule has 1 fully saturated rings. The second kappa shape index (κ2) is 8.20. The number of hydrogen-bond acceptors (Lipinski definition) is 6. The number of nitrogens with zero attached hydrogens (tertiary/aromatic N) is 6. The number of carbonyl (C=O) groups is 1. The predicted octanol–water partition coefficient (Wildman–Crippen LogP) is 2.94. The molecule has 3 heterocycles. The van der Waals surface area contributed by atoms with E-state index >= 15 is 0 Å². The maximum Gasteiger partial charge on any atom is 0.248 e. The van der Waals surface area contributed by atoms with E-state index < -0.39 is 0 Å². The summed E-state index contributed by atoms with van der Waals surface area (Å²) >= 11 is 0. The molecular weight excluding hydrogens is 404 g/mol. The van der Waals surface area contributed by atoms with Crippen molar-refractivity contribution in [3.63, 3.8) is 0 Å². The molecule has 4 aromatic rings. The number of benzene rings is 2. The Morgan fingerprint density at radius 2 is 1.88 bits per heavy atom. The van der Waals surface area contributed by atoms with E-state index in [1.165, 1.54) is 5.56 Å². The molecule has 164 valence electrons. The molecule has 1 aliphatic heterocycles. The number of aromatic nitrogens is 4. The Hall–Kier alpha value is -3.52. The Morgan fingerprint density at radius 1 is 1.09 bits per heavy atom. The van der Waals surface area contributed by atoms with Crippen LogP contribution in [0.25, 0.3) is 27.9 Å². The molecule has 1 amide bonds. The molecule has 8 nitrogen and oxygen atoms in total. The highest BCUT2D eigenvalue weighted by molar-refractivity contribution is 5.93. The highest BCUT2D eigenvalue weighted by Gasteiger charge is 2.30. The fraction of sp³-hybridized carbons (Fsp3) is 0.333. The standard InChI is InChI=1S/C24H26N6O2/c1-16-8-10-18(11-9-16)22-26-27-23-19-6-4-5-7-20(19)25-24(30(22)23)28-12-13-29(17(2)14-28)21(31)15-32-3/h4-11,17H,12-15H2,1-3H3/t17-/m0/s1. The summed E-state index contributed by atoms with van der Waals surface area (Å²) in [6, 6.07) is 16.3. The minimum atomic E-state index is 0.0147. The number of carbonyl (C=O) groups excluding carboxylic acids is 1. The van der Waals surface area contributed by atoms with Gasteiger partial charge in [-0.1, -0.05) is 42.0 Å². The van der Waals surface area contributed by atoms with Gasteiger partial charge in [0.1, 0.15) is 6.61 Å². The van der Waals surface area contributed by atoms with E-state index in [0.717, 1.165) is 33.9 Å². The lowest BCUT2D eigenvalue weighted by atomic mass is 10.1. The monoisotopic (exact) mass is 430 g/mol. The Kier molecular flexibility index (Phi) is 5.22. The summed E-state index contributed by atoms with van der Waals surface area (Å²) in [5.41, 5.74) is 3.84. The van der Waals surface area contributed by atoms with Crippen LogP contribution in [0.15, 0.2) is 48.5 Å². The molecule has 0 unspecified atom stereocenters. The van der Waals surface area contributed by atoms with E-state index in [0.29, 0.717) is 19.6 Å². The highest BCUT2D eigenvalue weighted by Crippen LogP contribution is 2.29. The van der Waals surface area contributed by atoms with Crippen LogP contribution in [0.3, 0.4) is 0 Å². The third-order valence-corrected chi connectivity index (χ3v) is 6.04. The highest BCUT2D eigenvalue weighted by atomic mass is 16.5. The van der Waals surface area contributed by atoms with Crippen molar-refractivity contribution in [1.29, 1.82) is 0 Å². The maximum absolute atomic E-state index is 12.4. The van der Waals surface area contributed by atoms with E-state index in [2.05, 4.69) is 53.2 Å². The number of hydrogen-bond donors (Lipinski definition) is 0. The third kappa shape index (κ3) is 3.46.